The van der Waals surface area contributed by atoms with Crippen LogP contribution in [0.25, 0.3) is 0 Å². The van der Waals surface area contributed by atoms with Gasteiger partial charge in [-0.15, -0.1) is 0 Å². The molecule has 0 heterocycles. The van der Waals surface area contributed by atoms with Crippen molar-refractivity contribution in [2.45, 2.75) is 19.9 Å². The summed E-state index contributed by atoms with van der Waals surface area (Å²) in [4.78, 5) is 23.9. The van der Waals surface area contributed by atoms with Crippen molar-refractivity contribution in [2.24, 2.45) is 0 Å². The number of anilines is 1. The second-order valence-electron chi connectivity index (χ2n) is 3.94. The van der Waals surface area contributed by atoms with Crippen LogP contribution in [0.3, 0.4) is 0 Å². The lowest BCUT2D eigenvalue weighted by Crippen LogP contribution is -2.42. The van der Waals surface area contributed by atoms with Crippen molar-refractivity contribution in [1.82, 2.24) is 0 Å². The van der Waals surface area contributed by atoms with E-state index >= 15 is 0 Å². The maximum absolute atomic E-state index is 11.6. The maximum atomic E-state index is 11.6. The molecule has 0 spiro atoms. The van der Waals surface area contributed by atoms with E-state index < -0.39 is 12.0 Å². The van der Waals surface area contributed by atoms with Gasteiger partial charge < -0.3 is 14.6 Å². The zero-order valence-electron chi connectivity index (χ0n) is 11.3. The Morgan fingerprint density at radius 1 is 1.21 bits per heavy atom. The molecule has 0 radical (unpaired) electrons. The van der Waals surface area contributed by atoms with Gasteiger partial charge in [0, 0.05) is 18.7 Å². The van der Waals surface area contributed by atoms with E-state index in [1.807, 2.05) is 0 Å². The molecule has 0 saturated carbocycles. The van der Waals surface area contributed by atoms with Crippen LogP contribution < -0.4 is 14.4 Å². The minimum absolute atomic E-state index is 0.359. The quantitative estimate of drug-likeness (QED) is 0.875. The van der Waals surface area contributed by atoms with Crippen LogP contribution in [0.15, 0.2) is 18.2 Å². The number of carbonyl (C=O) groups excluding carboxylic acids is 1. The number of aliphatic carboxylic acids is 1. The first-order chi connectivity index (χ1) is 8.92. The Morgan fingerprint density at radius 2 is 1.79 bits per heavy atom. The lowest BCUT2D eigenvalue weighted by atomic mass is 10.2. The van der Waals surface area contributed by atoms with Crippen LogP contribution >= 0.6 is 0 Å². The fourth-order valence-electron chi connectivity index (χ4n) is 1.76. The van der Waals surface area contributed by atoms with Crippen molar-refractivity contribution >= 4 is 17.6 Å². The molecular weight excluding hydrogens is 250 g/mol. The summed E-state index contributed by atoms with van der Waals surface area (Å²) < 4.78 is 10.2. The van der Waals surface area contributed by atoms with Crippen LogP contribution in [0.4, 0.5) is 5.69 Å². The SMILES string of the molecule is COc1ccc(N(C(C)=O)[C@@H](C)C(=O)O)cc1OC. The first-order valence-corrected chi connectivity index (χ1v) is 5.67. The van der Waals surface area contributed by atoms with Gasteiger partial charge in [-0.3, -0.25) is 9.69 Å². The molecule has 1 N–H and O–H groups in total. The number of carboxylic acid groups (broad SMARTS) is 1. The molecule has 0 unspecified atom stereocenters. The average molecular weight is 267 g/mol. The summed E-state index contributed by atoms with van der Waals surface area (Å²) in [6, 6.07) is 3.84. The van der Waals surface area contributed by atoms with Crippen LogP contribution in [0.1, 0.15) is 13.8 Å². The number of rotatable bonds is 5. The van der Waals surface area contributed by atoms with Crippen LogP contribution in [0, 0.1) is 0 Å². The van der Waals surface area contributed by atoms with Crippen LogP contribution in [0.5, 0.6) is 11.5 Å². The van der Waals surface area contributed by atoms with Gasteiger partial charge in [-0.2, -0.15) is 0 Å². The van der Waals surface area contributed by atoms with Crippen LogP contribution in [-0.4, -0.2) is 37.2 Å². The van der Waals surface area contributed by atoms with E-state index in [0.29, 0.717) is 17.2 Å². The second kappa shape index (κ2) is 6.08. The molecule has 6 heteroatoms. The first-order valence-electron chi connectivity index (χ1n) is 5.67. The van der Waals surface area contributed by atoms with Crippen molar-refractivity contribution < 1.29 is 24.2 Å². The summed E-state index contributed by atoms with van der Waals surface area (Å²) in [5, 5.41) is 9.04. The number of nitrogens with zero attached hydrogens (tertiary/aromatic N) is 1. The monoisotopic (exact) mass is 267 g/mol. The van der Waals surface area contributed by atoms with Gasteiger partial charge >= 0.3 is 5.97 Å². The minimum Gasteiger partial charge on any atom is -0.493 e. The topological polar surface area (TPSA) is 76.1 Å². The number of hydrogen-bond acceptors (Lipinski definition) is 4. The molecule has 1 aromatic rings. The van der Waals surface area contributed by atoms with Crippen molar-refractivity contribution in [1.29, 1.82) is 0 Å². The molecule has 19 heavy (non-hydrogen) atoms. The number of ether oxygens (including phenoxy) is 2. The highest BCUT2D eigenvalue weighted by molar-refractivity contribution is 5.97. The molecule has 0 fully saturated rings. The highest BCUT2D eigenvalue weighted by atomic mass is 16.5. The van der Waals surface area contributed by atoms with E-state index in [4.69, 9.17) is 14.6 Å². The summed E-state index contributed by atoms with van der Waals surface area (Å²) >= 11 is 0. The number of carbonyl (C=O) groups is 2. The summed E-state index contributed by atoms with van der Waals surface area (Å²) in [5.41, 5.74) is 0.444. The third-order valence-corrected chi connectivity index (χ3v) is 2.73. The Balaban J connectivity index is 3.24. The lowest BCUT2D eigenvalue weighted by Gasteiger charge is -2.25. The number of amides is 1. The van der Waals surface area contributed by atoms with Gasteiger partial charge in [-0.05, 0) is 19.1 Å². The smallest absolute Gasteiger partial charge is 0.326 e. The molecule has 0 aromatic heterocycles. The van der Waals surface area contributed by atoms with Gasteiger partial charge in [0.1, 0.15) is 6.04 Å². The van der Waals surface area contributed by atoms with Crippen molar-refractivity contribution in [2.75, 3.05) is 19.1 Å². The highest BCUT2D eigenvalue weighted by Crippen LogP contribution is 2.32. The molecule has 0 aliphatic heterocycles. The Labute approximate surface area is 111 Å². The molecule has 0 saturated heterocycles. The molecule has 104 valence electrons. The number of benzene rings is 1. The summed E-state index contributed by atoms with van der Waals surface area (Å²) in [5.74, 6) is -0.492. The first kappa shape index (κ1) is 14.8. The van der Waals surface area contributed by atoms with Crippen LogP contribution in [-0.2, 0) is 9.59 Å². The molecule has 1 atom stereocenters. The van der Waals surface area contributed by atoms with E-state index in [0.717, 1.165) is 0 Å². The number of hydrogen-bond donors (Lipinski definition) is 1. The summed E-state index contributed by atoms with van der Waals surface area (Å²) in [7, 11) is 2.97. The Bertz CT molecular complexity index is 486. The van der Waals surface area contributed by atoms with Gasteiger partial charge in [0.25, 0.3) is 0 Å². The van der Waals surface area contributed by atoms with Crippen LogP contribution in [0.2, 0.25) is 0 Å². The summed E-state index contributed by atoms with van der Waals surface area (Å²) in [6.07, 6.45) is 0. The molecular formula is C13H17NO5. The number of carboxylic acids is 1. The average Bonchev–Trinajstić information content (AvgIpc) is 2.38. The van der Waals surface area contributed by atoms with E-state index in [2.05, 4.69) is 0 Å². The van der Waals surface area contributed by atoms with E-state index in [1.165, 1.54) is 33.0 Å². The van der Waals surface area contributed by atoms with E-state index in [-0.39, 0.29) is 5.91 Å². The number of methoxy groups -OCH3 is 2. The van der Waals surface area contributed by atoms with E-state index in [9.17, 15) is 9.59 Å². The Hall–Kier alpha value is -2.24. The predicted octanol–water partition coefficient (Wildman–Crippen LogP) is 1.53. The minimum atomic E-state index is -1.08. The summed E-state index contributed by atoms with van der Waals surface area (Å²) in [6.45, 7) is 2.76. The van der Waals surface area contributed by atoms with Crippen molar-refractivity contribution in [3.63, 3.8) is 0 Å². The molecule has 1 amide bonds. The molecule has 6 nitrogen and oxygen atoms in total. The lowest BCUT2D eigenvalue weighted by molar-refractivity contribution is -0.139. The van der Waals surface area contributed by atoms with Gasteiger partial charge in [-0.1, -0.05) is 0 Å². The third-order valence-electron chi connectivity index (χ3n) is 2.73. The fourth-order valence-corrected chi connectivity index (χ4v) is 1.76. The molecule has 0 aliphatic rings. The highest BCUT2D eigenvalue weighted by Gasteiger charge is 2.25. The van der Waals surface area contributed by atoms with Gasteiger partial charge in [0.15, 0.2) is 11.5 Å². The Morgan fingerprint density at radius 3 is 2.21 bits per heavy atom. The van der Waals surface area contributed by atoms with Gasteiger partial charge in [0.05, 0.1) is 14.2 Å². The van der Waals surface area contributed by atoms with Gasteiger partial charge in [-0.25, -0.2) is 4.79 Å². The molecule has 0 bridgehead atoms. The zero-order chi connectivity index (χ0) is 14.6. The third kappa shape index (κ3) is 3.15. The molecule has 1 rings (SSSR count). The van der Waals surface area contributed by atoms with Crippen molar-refractivity contribution in [3.05, 3.63) is 18.2 Å². The van der Waals surface area contributed by atoms with Crippen molar-refractivity contribution in [3.8, 4) is 11.5 Å². The predicted molar refractivity (Wildman–Crippen MR) is 69.8 cm³/mol. The molecule has 1 aromatic carbocycles. The second-order valence-corrected chi connectivity index (χ2v) is 3.94. The van der Waals surface area contributed by atoms with Gasteiger partial charge in [0.2, 0.25) is 5.91 Å². The standard InChI is InChI=1S/C13H17NO5/c1-8(13(16)17)14(9(2)15)10-5-6-11(18-3)12(7-10)19-4/h5-8H,1-4H3,(H,16,17)/t8-/m0/s1. The van der Waals surface area contributed by atoms with E-state index in [1.54, 1.807) is 18.2 Å². The normalized spacial score (nSPS) is 11.6. The Kier molecular flexibility index (Phi) is 4.74. The fraction of sp³-hybridized carbons (Fsp3) is 0.385. The zero-order valence-corrected chi connectivity index (χ0v) is 11.3. The molecule has 0 aliphatic carbocycles. The largest absolute Gasteiger partial charge is 0.493 e. The maximum Gasteiger partial charge on any atom is 0.326 e.